The first kappa shape index (κ1) is 15.7. The van der Waals surface area contributed by atoms with E-state index in [1.54, 1.807) is 12.1 Å². The maximum Gasteiger partial charge on any atom is 0.319 e. The predicted octanol–water partition coefficient (Wildman–Crippen LogP) is 0.989. The van der Waals surface area contributed by atoms with Crippen LogP contribution in [0.1, 0.15) is 18.6 Å². The number of nitrogens with one attached hydrogen (secondary N) is 3. The molecule has 1 heterocycles. The Labute approximate surface area is 122 Å². The molecule has 0 aromatic heterocycles. The van der Waals surface area contributed by atoms with Crippen LogP contribution in [0.15, 0.2) is 18.2 Å². The number of morpholine rings is 1. The Morgan fingerprint density at radius 2 is 2.38 bits per heavy atom. The predicted molar refractivity (Wildman–Crippen MR) is 76.7 cm³/mol. The molecule has 0 bridgehead atoms. The summed E-state index contributed by atoms with van der Waals surface area (Å²) >= 11 is 0. The Balaban J connectivity index is 2.05. The Bertz CT molecular complexity index is 498. The topological polar surface area (TPSA) is 82.6 Å². The van der Waals surface area contributed by atoms with Crippen molar-refractivity contribution in [2.45, 2.75) is 19.1 Å². The van der Waals surface area contributed by atoms with Gasteiger partial charge in [-0.15, -0.1) is 0 Å². The van der Waals surface area contributed by atoms with E-state index in [-0.39, 0.29) is 25.3 Å². The lowest BCUT2D eigenvalue weighted by Gasteiger charge is -2.30. The quantitative estimate of drug-likeness (QED) is 0.668. The van der Waals surface area contributed by atoms with E-state index in [2.05, 4.69) is 16.0 Å². The van der Waals surface area contributed by atoms with Gasteiger partial charge in [-0.05, 0) is 19.1 Å². The second-order valence-electron chi connectivity index (χ2n) is 4.87. The summed E-state index contributed by atoms with van der Waals surface area (Å²) < 4.78 is 19.8. The van der Waals surface area contributed by atoms with E-state index in [4.69, 9.17) is 9.84 Å². The third-order valence-corrected chi connectivity index (χ3v) is 3.28. The van der Waals surface area contributed by atoms with Crippen molar-refractivity contribution >= 4 is 11.7 Å². The van der Waals surface area contributed by atoms with E-state index in [1.165, 1.54) is 6.07 Å². The number of aliphatic hydroxyl groups is 1. The van der Waals surface area contributed by atoms with E-state index in [9.17, 15) is 9.18 Å². The second-order valence-corrected chi connectivity index (χ2v) is 4.87. The maximum absolute atomic E-state index is 14.2. The van der Waals surface area contributed by atoms with Gasteiger partial charge >= 0.3 is 6.03 Å². The normalized spacial score (nSPS) is 21.9. The van der Waals surface area contributed by atoms with Crippen LogP contribution in [-0.4, -0.2) is 43.5 Å². The fourth-order valence-electron chi connectivity index (χ4n) is 2.26. The molecule has 1 saturated heterocycles. The Kier molecular flexibility index (Phi) is 5.49. The number of carbonyl (C=O) groups is 1. The molecule has 1 aliphatic heterocycles. The molecule has 4 N–H and O–H groups in total. The number of halogens is 1. The fraction of sp³-hybridized carbons (Fsp3) is 0.500. The van der Waals surface area contributed by atoms with Gasteiger partial charge in [0.1, 0.15) is 11.9 Å². The number of urea groups is 1. The lowest BCUT2D eigenvalue weighted by atomic mass is 10.0. The zero-order chi connectivity index (χ0) is 15.2. The summed E-state index contributed by atoms with van der Waals surface area (Å²) in [5, 5.41) is 16.8. The first-order valence-electron chi connectivity index (χ1n) is 6.92. The van der Waals surface area contributed by atoms with Crippen molar-refractivity contribution < 1.29 is 19.0 Å². The Hall–Kier alpha value is -1.70. The summed E-state index contributed by atoms with van der Waals surface area (Å²) in [6, 6.07) is 4.05. The average molecular weight is 297 g/mol. The van der Waals surface area contributed by atoms with Gasteiger partial charge in [-0.3, -0.25) is 0 Å². The van der Waals surface area contributed by atoms with Gasteiger partial charge < -0.3 is 25.8 Å². The average Bonchev–Trinajstić information content (AvgIpc) is 2.46. The molecule has 2 atom stereocenters. The minimum Gasteiger partial charge on any atom is -0.395 e. The van der Waals surface area contributed by atoms with Crippen molar-refractivity contribution in [1.29, 1.82) is 0 Å². The van der Waals surface area contributed by atoms with Crippen LogP contribution in [0, 0.1) is 5.82 Å². The lowest BCUT2D eigenvalue weighted by molar-refractivity contribution is -0.00224. The van der Waals surface area contributed by atoms with Crippen LogP contribution in [0.4, 0.5) is 14.9 Å². The molecule has 2 amide bonds. The van der Waals surface area contributed by atoms with Crippen LogP contribution < -0.4 is 16.0 Å². The van der Waals surface area contributed by atoms with Crippen molar-refractivity contribution in [2.75, 3.05) is 31.6 Å². The van der Waals surface area contributed by atoms with E-state index in [0.29, 0.717) is 17.9 Å². The smallest absolute Gasteiger partial charge is 0.319 e. The molecule has 0 radical (unpaired) electrons. The molecule has 1 fully saturated rings. The summed E-state index contributed by atoms with van der Waals surface area (Å²) in [6.45, 7) is 3.23. The monoisotopic (exact) mass is 297 g/mol. The van der Waals surface area contributed by atoms with Crippen molar-refractivity contribution in [1.82, 2.24) is 10.6 Å². The zero-order valence-electron chi connectivity index (χ0n) is 11.9. The standard InChI is InChI=1S/C14H20FN3O3/c1-9-13(21-7-5-16-9)11-3-2-10(8-12(11)15)18-14(20)17-4-6-19/h2-3,8-9,13,16,19H,4-7H2,1H3,(H2,17,18,20). The minimum atomic E-state index is -0.486. The molecule has 1 aromatic rings. The van der Waals surface area contributed by atoms with Crippen LogP contribution in [-0.2, 0) is 4.74 Å². The highest BCUT2D eigenvalue weighted by Gasteiger charge is 2.26. The first-order chi connectivity index (χ1) is 10.1. The molecule has 1 aromatic carbocycles. The Morgan fingerprint density at radius 1 is 1.57 bits per heavy atom. The summed E-state index contributed by atoms with van der Waals surface area (Å²) in [5.74, 6) is -0.421. The number of anilines is 1. The van der Waals surface area contributed by atoms with Gasteiger partial charge in [0.15, 0.2) is 0 Å². The number of hydrogen-bond donors (Lipinski definition) is 4. The summed E-state index contributed by atoms with van der Waals surface area (Å²) in [5.41, 5.74) is 0.819. The van der Waals surface area contributed by atoms with Gasteiger partial charge in [0.25, 0.3) is 0 Å². The summed E-state index contributed by atoms with van der Waals surface area (Å²) in [7, 11) is 0. The van der Waals surface area contributed by atoms with Crippen molar-refractivity contribution in [3.8, 4) is 0 Å². The highest BCUT2D eigenvalue weighted by Crippen LogP contribution is 2.27. The van der Waals surface area contributed by atoms with Gasteiger partial charge in [-0.25, -0.2) is 9.18 Å². The molecule has 116 valence electrons. The molecule has 7 heteroatoms. The molecule has 2 rings (SSSR count). The van der Waals surface area contributed by atoms with Crippen LogP contribution in [0.3, 0.4) is 0 Å². The third-order valence-electron chi connectivity index (χ3n) is 3.28. The number of aliphatic hydroxyl groups excluding tert-OH is 1. The number of benzene rings is 1. The maximum atomic E-state index is 14.2. The summed E-state index contributed by atoms with van der Waals surface area (Å²) in [4.78, 5) is 11.4. The third kappa shape index (κ3) is 4.13. The highest BCUT2D eigenvalue weighted by atomic mass is 19.1. The zero-order valence-corrected chi connectivity index (χ0v) is 11.9. The van der Waals surface area contributed by atoms with E-state index < -0.39 is 11.8 Å². The van der Waals surface area contributed by atoms with E-state index in [0.717, 1.165) is 6.54 Å². The van der Waals surface area contributed by atoms with Crippen LogP contribution >= 0.6 is 0 Å². The van der Waals surface area contributed by atoms with Crippen molar-refractivity contribution in [3.63, 3.8) is 0 Å². The molecule has 0 saturated carbocycles. The molecule has 2 unspecified atom stereocenters. The van der Waals surface area contributed by atoms with Gasteiger partial charge in [-0.2, -0.15) is 0 Å². The van der Waals surface area contributed by atoms with Crippen molar-refractivity contribution in [3.05, 3.63) is 29.6 Å². The van der Waals surface area contributed by atoms with E-state index in [1.807, 2.05) is 6.92 Å². The van der Waals surface area contributed by atoms with Gasteiger partial charge in [0.05, 0.1) is 13.2 Å². The van der Waals surface area contributed by atoms with Gasteiger partial charge in [-0.1, -0.05) is 6.07 Å². The fourth-order valence-corrected chi connectivity index (χ4v) is 2.26. The van der Waals surface area contributed by atoms with E-state index >= 15 is 0 Å². The minimum absolute atomic E-state index is 0.0277. The number of carbonyl (C=O) groups excluding carboxylic acids is 1. The molecule has 0 aliphatic carbocycles. The largest absolute Gasteiger partial charge is 0.395 e. The van der Waals surface area contributed by atoms with Crippen molar-refractivity contribution in [2.24, 2.45) is 0 Å². The molecular formula is C14H20FN3O3. The summed E-state index contributed by atoms with van der Waals surface area (Å²) in [6.07, 6.45) is -0.337. The SMILES string of the molecule is CC1NCCOC1c1ccc(NC(=O)NCCO)cc1F. The highest BCUT2D eigenvalue weighted by molar-refractivity contribution is 5.89. The van der Waals surface area contributed by atoms with Crippen LogP contribution in [0.2, 0.25) is 0 Å². The second kappa shape index (κ2) is 7.35. The molecular weight excluding hydrogens is 277 g/mol. The number of rotatable bonds is 4. The first-order valence-corrected chi connectivity index (χ1v) is 6.92. The molecule has 6 nitrogen and oxygen atoms in total. The number of amides is 2. The van der Waals surface area contributed by atoms with Gasteiger partial charge in [0, 0.05) is 30.4 Å². The lowest BCUT2D eigenvalue weighted by Crippen LogP contribution is -2.41. The van der Waals surface area contributed by atoms with Gasteiger partial charge in [0.2, 0.25) is 0 Å². The van der Waals surface area contributed by atoms with Crippen LogP contribution in [0.25, 0.3) is 0 Å². The molecule has 0 spiro atoms. The molecule has 1 aliphatic rings. The van der Waals surface area contributed by atoms with Crippen LogP contribution in [0.5, 0.6) is 0 Å². The number of hydrogen-bond acceptors (Lipinski definition) is 4. The Morgan fingerprint density at radius 3 is 3.05 bits per heavy atom. The number of ether oxygens (including phenoxy) is 1. The molecule has 21 heavy (non-hydrogen) atoms.